The molecule has 29 heavy (non-hydrogen) atoms. The molecule has 152 valence electrons. The predicted molar refractivity (Wildman–Crippen MR) is 116 cm³/mol. The lowest BCUT2D eigenvalue weighted by atomic mass is 10.0. The summed E-state index contributed by atoms with van der Waals surface area (Å²) >= 11 is 6.42. The SMILES string of the molecule is CCN(CC)[C@H](CNC(=O)Cn1c(=O)cnc2ccccc21)c1ccccc1Cl. The number of fused-ring (bicyclic) bond motifs is 1. The van der Waals surface area contributed by atoms with Crippen LogP contribution >= 0.6 is 11.6 Å². The highest BCUT2D eigenvalue weighted by atomic mass is 35.5. The minimum Gasteiger partial charge on any atom is -0.353 e. The maximum Gasteiger partial charge on any atom is 0.269 e. The third kappa shape index (κ3) is 4.83. The molecule has 0 saturated carbocycles. The number of nitrogens with one attached hydrogen (secondary N) is 1. The number of amides is 1. The Balaban J connectivity index is 1.79. The molecule has 7 heteroatoms. The van der Waals surface area contributed by atoms with Gasteiger partial charge in [-0.2, -0.15) is 0 Å². The van der Waals surface area contributed by atoms with Crippen LogP contribution in [0.5, 0.6) is 0 Å². The summed E-state index contributed by atoms with van der Waals surface area (Å²) in [5.41, 5.74) is 1.99. The first-order valence-corrected chi connectivity index (χ1v) is 10.1. The van der Waals surface area contributed by atoms with Crippen LogP contribution in [-0.2, 0) is 11.3 Å². The van der Waals surface area contributed by atoms with Crippen LogP contribution in [0.2, 0.25) is 5.02 Å². The Labute approximate surface area is 175 Å². The van der Waals surface area contributed by atoms with Crippen molar-refractivity contribution in [3.05, 3.63) is 75.7 Å². The van der Waals surface area contributed by atoms with Crippen LogP contribution in [-0.4, -0.2) is 40.0 Å². The maximum atomic E-state index is 12.7. The Bertz CT molecular complexity index is 1050. The zero-order valence-corrected chi connectivity index (χ0v) is 17.4. The molecule has 1 heterocycles. The average Bonchev–Trinajstić information content (AvgIpc) is 2.74. The second kappa shape index (κ2) is 9.67. The smallest absolute Gasteiger partial charge is 0.269 e. The monoisotopic (exact) mass is 412 g/mol. The number of para-hydroxylation sites is 2. The number of carbonyl (C=O) groups excluding carboxylic acids is 1. The van der Waals surface area contributed by atoms with Crippen molar-refractivity contribution in [1.82, 2.24) is 19.8 Å². The summed E-state index contributed by atoms with van der Waals surface area (Å²) in [4.78, 5) is 31.3. The molecule has 2 aromatic carbocycles. The van der Waals surface area contributed by atoms with Gasteiger partial charge >= 0.3 is 0 Å². The molecule has 0 aliphatic carbocycles. The molecule has 0 spiro atoms. The number of rotatable bonds is 8. The number of carbonyl (C=O) groups is 1. The van der Waals surface area contributed by atoms with Gasteiger partial charge in [0.15, 0.2) is 0 Å². The van der Waals surface area contributed by atoms with Gasteiger partial charge in [-0.25, -0.2) is 4.98 Å². The van der Waals surface area contributed by atoms with Gasteiger partial charge in [0.2, 0.25) is 5.91 Å². The fourth-order valence-corrected chi connectivity index (χ4v) is 3.80. The van der Waals surface area contributed by atoms with Crippen LogP contribution < -0.4 is 10.9 Å². The summed E-state index contributed by atoms with van der Waals surface area (Å²) in [6.45, 7) is 6.17. The Morgan fingerprint density at radius 3 is 2.55 bits per heavy atom. The zero-order valence-electron chi connectivity index (χ0n) is 16.6. The van der Waals surface area contributed by atoms with E-state index < -0.39 is 0 Å². The number of benzene rings is 2. The lowest BCUT2D eigenvalue weighted by Gasteiger charge is -2.31. The molecule has 0 fully saturated rings. The van der Waals surface area contributed by atoms with Gasteiger partial charge in [0, 0.05) is 11.6 Å². The first-order valence-electron chi connectivity index (χ1n) is 9.74. The van der Waals surface area contributed by atoms with E-state index in [1.54, 1.807) is 6.07 Å². The molecular weight excluding hydrogens is 388 g/mol. The van der Waals surface area contributed by atoms with Crippen molar-refractivity contribution >= 4 is 28.5 Å². The highest BCUT2D eigenvalue weighted by molar-refractivity contribution is 6.31. The first kappa shape index (κ1) is 21.0. The fourth-order valence-electron chi connectivity index (χ4n) is 3.53. The topological polar surface area (TPSA) is 67.2 Å². The molecule has 3 aromatic rings. The van der Waals surface area contributed by atoms with Crippen molar-refractivity contribution in [2.24, 2.45) is 0 Å². The van der Waals surface area contributed by atoms with Gasteiger partial charge in [0.05, 0.1) is 23.3 Å². The van der Waals surface area contributed by atoms with Gasteiger partial charge in [-0.1, -0.05) is 55.8 Å². The van der Waals surface area contributed by atoms with Gasteiger partial charge < -0.3 is 5.32 Å². The first-order chi connectivity index (χ1) is 14.0. The molecule has 1 atom stereocenters. The van der Waals surface area contributed by atoms with Crippen LogP contribution in [0, 0.1) is 0 Å². The Morgan fingerprint density at radius 1 is 1.14 bits per heavy atom. The number of halogens is 1. The molecule has 3 rings (SSSR count). The predicted octanol–water partition coefficient (Wildman–Crippen LogP) is 3.25. The van der Waals surface area contributed by atoms with E-state index in [2.05, 4.69) is 29.0 Å². The summed E-state index contributed by atoms with van der Waals surface area (Å²) in [7, 11) is 0. The van der Waals surface area contributed by atoms with E-state index in [9.17, 15) is 9.59 Å². The van der Waals surface area contributed by atoms with Crippen LogP contribution in [0.15, 0.2) is 59.5 Å². The normalized spacial score (nSPS) is 12.3. The summed E-state index contributed by atoms with van der Waals surface area (Å²) in [5, 5.41) is 3.65. The van der Waals surface area contributed by atoms with Crippen molar-refractivity contribution in [1.29, 1.82) is 0 Å². The Hall–Kier alpha value is -2.70. The van der Waals surface area contributed by atoms with Crippen LogP contribution in [0.3, 0.4) is 0 Å². The van der Waals surface area contributed by atoms with Gasteiger partial charge in [-0.15, -0.1) is 0 Å². The second-order valence-corrected chi connectivity index (χ2v) is 7.14. The minimum absolute atomic E-state index is 0.0476. The lowest BCUT2D eigenvalue weighted by molar-refractivity contribution is -0.121. The molecule has 6 nitrogen and oxygen atoms in total. The largest absolute Gasteiger partial charge is 0.353 e. The van der Waals surface area contributed by atoms with E-state index in [-0.39, 0.29) is 24.1 Å². The molecule has 0 aliphatic heterocycles. The van der Waals surface area contributed by atoms with Gasteiger partial charge in [0.25, 0.3) is 5.56 Å². The minimum atomic E-state index is -0.301. The molecular formula is C22H25ClN4O2. The third-order valence-corrected chi connectivity index (χ3v) is 5.41. The van der Waals surface area contributed by atoms with Crippen LogP contribution in [0.1, 0.15) is 25.5 Å². The van der Waals surface area contributed by atoms with Crippen molar-refractivity contribution in [3.63, 3.8) is 0 Å². The van der Waals surface area contributed by atoms with Gasteiger partial charge in [0.1, 0.15) is 6.54 Å². The van der Waals surface area contributed by atoms with E-state index in [0.29, 0.717) is 22.6 Å². The number of likely N-dealkylation sites (N-methyl/N-ethyl adjacent to an activating group) is 1. The van der Waals surface area contributed by atoms with Crippen molar-refractivity contribution in [2.45, 2.75) is 26.4 Å². The fraction of sp³-hybridized carbons (Fsp3) is 0.318. The summed E-state index contributed by atoms with van der Waals surface area (Å²) in [5.74, 6) is -0.229. The third-order valence-electron chi connectivity index (χ3n) is 5.06. The standard InChI is InChI=1S/C22H25ClN4O2/c1-3-26(4-2)20(16-9-5-6-10-17(16)23)13-25-21(28)15-27-19-12-8-7-11-18(19)24-14-22(27)29/h5-12,14,20H,3-4,13,15H2,1-2H3,(H,25,28)/t20-/m1/s1. The Morgan fingerprint density at radius 2 is 1.83 bits per heavy atom. The number of nitrogens with zero attached hydrogens (tertiary/aromatic N) is 3. The number of hydrogen-bond acceptors (Lipinski definition) is 4. The number of aromatic nitrogens is 2. The summed E-state index contributed by atoms with van der Waals surface area (Å²) in [6, 6.07) is 14.9. The summed E-state index contributed by atoms with van der Waals surface area (Å²) in [6.07, 6.45) is 1.25. The summed E-state index contributed by atoms with van der Waals surface area (Å²) < 4.78 is 1.44. The molecule has 0 saturated heterocycles. The Kier molecular flexibility index (Phi) is 7.01. The molecule has 1 aromatic heterocycles. The van der Waals surface area contributed by atoms with E-state index in [0.717, 1.165) is 18.7 Å². The molecule has 1 amide bonds. The van der Waals surface area contributed by atoms with E-state index in [4.69, 9.17) is 11.6 Å². The number of hydrogen-bond donors (Lipinski definition) is 1. The molecule has 1 N–H and O–H groups in total. The van der Waals surface area contributed by atoms with Gasteiger partial charge in [-0.3, -0.25) is 19.1 Å². The van der Waals surface area contributed by atoms with Crippen LogP contribution in [0.25, 0.3) is 11.0 Å². The van der Waals surface area contributed by atoms with E-state index in [1.807, 2.05) is 42.5 Å². The maximum absolute atomic E-state index is 12.7. The molecule has 0 bridgehead atoms. The highest BCUT2D eigenvalue weighted by Crippen LogP contribution is 2.26. The van der Waals surface area contributed by atoms with Gasteiger partial charge in [-0.05, 0) is 36.9 Å². The van der Waals surface area contributed by atoms with E-state index in [1.165, 1.54) is 10.8 Å². The van der Waals surface area contributed by atoms with Crippen LogP contribution in [0.4, 0.5) is 0 Å². The molecule has 0 unspecified atom stereocenters. The quantitative estimate of drug-likeness (QED) is 0.616. The molecule has 0 aliphatic rings. The lowest BCUT2D eigenvalue weighted by Crippen LogP contribution is -2.40. The van der Waals surface area contributed by atoms with E-state index >= 15 is 0 Å². The second-order valence-electron chi connectivity index (χ2n) is 6.73. The van der Waals surface area contributed by atoms with Crippen molar-refractivity contribution in [3.8, 4) is 0 Å². The zero-order chi connectivity index (χ0) is 20.8. The highest BCUT2D eigenvalue weighted by Gasteiger charge is 2.21. The molecule has 0 radical (unpaired) electrons. The van der Waals surface area contributed by atoms with Crippen molar-refractivity contribution in [2.75, 3.05) is 19.6 Å². The van der Waals surface area contributed by atoms with Crippen molar-refractivity contribution < 1.29 is 4.79 Å². The average molecular weight is 413 g/mol.